The summed E-state index contributed by atoms with van der Waals surface area (Å²) in [6, 6.07) is 17.1. The van der Waals surface area contributed by atoms with Gasteiger partial charge in [0.05, 0.1) is 16.6 Å². The number of nitrogens with one attached hydrogen (secondary N) is 1. The van der Waals surface area contributed by atoms with E-state index in [0.29, 0.717) is 16.1 Å². The van der Waals surface area contributed by atoms with Gasteiger partial charge in [-0.05, 0) is 79.6 Å². The number of fused-ring (bicyclic) bond motifs is 1. The van der Waals surface area contributed by atoms with E-state index < -0.39 is 0 Å². The van der Waals surface area contributed by atoms with Gasteiger partial charge in [0.2, 0.25) is 0 Å². The smallest absolute Gasteiger partial charge is 0.253 e. The first-order chi connectivity index (χ1) is 18.0. The summed E-state index contributed by atoms with van der Waals surface area (Å²) >= 11 is 6.25. The SMILES string of the molecule is O=C(N[C@@H]1CCCc2ccc(C(=O)N3CC4(CCN(c5ccncc5)CC4)C3)cc21)c1ccccc1Cl. The minimum absolute atomic E-state index is 0.0896. The van der Waals surface area contributed by atoms with E-state index in [1.165, 1.54) is 11.3 Å². The van der Waals surface area contributed by atoms with Crippen LogP contribution in [0.5, 0.6) is 0 Å². The summed E-state index contributed by atoms with van der Waals surface area (Å²) < 4.78 is 0. The molecule has 1 atom stereocenters. The molecule has 3 aliphatic rings. The van der Waals surface area contributed by atoms with Gasteiger partial charge in [-0.1, -0.05) is 29.8 Å². The number of hydrogen-bond acceptors (Lipinski definition) is 4. The number of aromatic nitrogens is 1. The fraction of sp³-hybridized carbons (Fsp3) is 0.367. The summed E-state index contributed by atoms with van der Waals surface area (Å²) in [5, 5.41) is 3.61. The van der Waals surface area contributed by atoms with Crippen LogP contribution in [0.15, 0.2) is 67.0 Å². The summed E-state index contributed by atoms with van der Waals surface area (Å²) in [6.45, 7) is 3.66. The number of amides is 2. The van der Waals surface area contributed by atoms with Crippen molar-refractivity contribution in [2.24, 2.45) is 5.41 Å². The largest absolute Gasteiger partial charge is 0.371 e. The van der Waals surface area contributed by atoms with Crippen LogP contribution >= 0.6 is 11.6 Å². The van der Waals surface area contributed by atoms with Gasteiger partial charge in [-0.3, -0.25) is 14.6 Å². The normalized spacial score (nSPS) is 20.2. The number of anilines is 1. The van der Waals surface area contributed by atoms with Crippen molar-refractivity contribution in [2.75, 3.05) is 31.1 Å². The number of carbonyl (C=O) groups excluding carboxylic acids is 2. The Morgan fingerprint density at radius 2 is 1.76 bits per heavy atom. The van der Waals surface area contributed by atoms with Crippen molar-refractivity contribution in [1.82, 2.24) is 15.2 Å². The maximum atomic E-state index is 13.4. The maximum Gasteiger partial charge on any atom is 0.253 e. The second kappa shape index (κ2) is 9.82. The molecule has 2 aliphatic heterocycles. The van der Waals surface area contributed by atoms with Gasteiger partial charge in [0, 0.05) is 55.2 Å². The quantitative estimate of drug-likeness (QED) is 0.514. The van der Waals surface area contributed by atoms with E-state index in [-0.39, 0.29) is 23.3 Å². The van der Waals surface area contributed by atoms with E-state index >= 15 is 0 Å². The Labute approximate surface area is 222 Å². The van der Waals surface area contributed by atoms with E-state index in [2.05, 4.69) is 33.4 Å². The van der Waals surface area contributed by atoms with Crippen LogP contribution in [0, 0.1) is 5.41 Å². The number of pyridine rings is 1. The Morgan fingerprint density at radius 3 is 2.51 bits per heavy atom. The first-order valence-corrected chi connectivity index (χ1v) is 13.5. The number of nitrogens with zero attached hydrogens (tertiary/aromatic N) is 3. The molecule has 0 radical (unpaired) electrons. The molecule has 2 fully saturated rings. The molecular weight excluding hydrogens is 484 g/mol. The molecule has 2 saturated heterocycles. The van der Waals surface area contributed by atoms with E-state index in [4.69, 9.17) is 11.6 Å². The highest BCUT2D eigenvalue weighted by Crippen LogP contribution is 2.42. The highest BCUT2D eigenvalue weighted by molar-refractivity contribution is 6.33. The summed E-state index contributed by atoms with van der Waals surface area (Å²) in [5.74, 6) is -0.0882. The van der Waals surface area contributed by atoms with Crippen LogP contribution in [0.2, 0.25) is 5.02 Å². The van der Waals surface area contributed by atoms with E-state index in [1.54, 1.807) is 12.1 Å². The summed E-state index contributed by atoms with van der Waals surface area (Å²) in [7, 11) is 0. The zero-order valence-corrected chi connectivity index (χ0v) is 21.6. The Morgan fingerprint density at radius 1 is 1.00 bits per heavy atom. The van der Waals surface area contributed by atoms with E-state index in [9.17, 15) is 9.59 Å². The molecule has 1 N–H and O–H groups in total. The predicted octanol–water partition coefficient (Wildman–Crippen LogP) is 5.29. The third-order valence-corrected chi connectivity index (χ3v) is 8.65. The molecule has 2 aromatic carbocycles. The minimum atomic E-state index is -0.178. The lowest BCUT2D eigenvalue weighted by atomic mass is 9.71. The van der Waals surface area contributed by atoms with Crippen LogP contribution in [0.3, 0.4) is 0 Å². The number of halogens is 1. The lowest BCUT2D eigenvalue weighted by Gasteiger charge is -2.54. The predicted molar refractivity (Wildman–Crippen MR) is 145 cm³/mol. The molecule has 1 aromatic heterocycles. The van der Waals surface area contributed by atoms with Crippen LogP contribution in [-0.4, -0.2) is 47.9 Å². The molecule has 7 heteroatoms. The number of hydrogen-bond donors (Lipinski definition) is 1. The van der Waals surface area contributed by atoms with Crippen LogP contribution in [0.25, 0.3) is 0 Å². The number of aryl methyl sites for hydroxylation is 1. The van der Waals surface area contributed by atoms with Crippen molar-refractivity contribution in [1.29, 1.82) is 0 Å². The molecule has 1 aliphatic carbocycles. The maximum absolute atomic E-state index is 13.4. The zero-order valence-electron chi connectivity index (χ0n) is 20.8. The van der Waals surface area contributed by atoms with Gasteiger partial charge in [0.1, 0.15) is 0 Å². The van der Waals surface area contributed by atoms with Crippen molar-refractivity contribution in [2.45, 2.75) is 38.1 Å². The molecule has 0 bridgehead atoms. The molecule has 190 valence electrons. The molecule has 37 heavy (non-hydrogen) atoms. The van der Waals surface area contributed by atoms with Crippen molar-refractivity contribution in [3.63, 3.8) is 0 Å². The third-order valence-electron chi connectivity index (χ3n) is 8.32. The second-order valence-corrected chi connectivity index (χ2v) is 11.1. The summed E-state index contributed by atoms with van der Waals surface area (Å²) in [6.07, 6.45) is 8.69. The highest BCUT2D eigenvalue weighted by atomic mass is 35.5. The van der Waals surface area contributed by atoms with Gasteiger partial charge in [-0.25, -0.2) is 0 Å². The van der Waals surface area contributed by atoms with Gasteiger partial charge in [-0.2, -0.15) is 0 Å². The van der Waals surface area contributed by atoms with Gasteiger partial charge in [-0.15, -0.1) is 0 Å². The topological polar surface area (TPSA) is 65.5 Å². The van der Waals surface area contributed by atoms with Crippen LogP contribution in [-0.2, 0) is 6.42 Å². The van der Waals surface area contributed by atoms with Crippen molar-refractivity contribution in [3.8, 4) is 0 Å². The summed E-state index contributed by atoms with van der Waals surface area (Å²) in [4.78, 5) is 34.9. The highest BCUT2D eigenvalue weighted by Gasteiger charge is 2.47. The van der Waals surface area contributed by atoms with Crippen molar-refractivity contribution in [3.05, 3.63) is 94.3 Å². The molecule has 3 aromatic rings. The Balaban J connectivity index is 1.11. The fourth-order valence-electron chi connectivity index (χ4n) is 6.16. The number of carbonyl (C=O) groups is 2. The average Bonchev–Trinajstić information content (AvgIpc) is 2.92. The number of piperidine rings is 1. The molecule has 6 nitrogen and oxygen atoms in total. The van der Waals surface area contributed by atoms with Gasteiger partial charge < -0.3 is 15.1 Å². The van der Waals surface area contributed by atoms with Crippen LogP contribution in [0.1, 0.15) is 63.6 Å². The standard InChI is InChI=1S/C30H31ClN4O2/c31-26-6-2-1-5-24(26)28(36)33-27-7-3-4-21-8-9-22(18-25(21)27)29(37)35-19-30(20-35)12-16-34(17-13-30)23-10-14-32-15-11-23/h1-2,5-6,8-11,14-15,18,27H,3-4,7,12-13,16-17,19-20H2,(H,33,36)/t27-/m1/s1. The van der Waals surface area contributed by atoms with Crippen LogP contribution in [0.4, 0.5) is 5.69 Å². The van der Waals surface area contributed by atoms with Crippen molar-refractivity contribution < 1.29 is 9.59 Å². The van der Waals surface area contributed by atoms with Crippen molar-refractivity contribution >= 4 is 29.1 Å². The van der Waals surface area contributed by atoms with E-state index in [1.807, 2.05) is 41.6 Å². The Hall–Kier alpha value is -3.38. The number of rotatable bonds is 4. The van der Waals surface area contributed by atoms with E-state index in [0.717, 1.165) is 63.8 Å². The summed E-state index contributed by atoms with van der Waals surface area (Å²) in [5.41, 5.74) is 4.90. The average molecular weight is 515 g/mol. The van der Waals surface area contributed by atoms with Crippen LogP contribution < -0.4 is 10.2 Å². The third kappa shape index (κ3) is 4.71. The molecule has 1 spiro atoms. The second-order valence-electron chi connectivity index (χ2n) is 10.7. The first kappa shape index (κ1) is 24.0. The molecule has 2 amide bonds. The lowest BCUT2D eigenvalue weighted by Crippen LogP contribution is -2.62. The van der Waals surface area contributed by atoms with Gasteiger partial charge in [0.25, 0.3) is 11.8 Å². The fourth-order valence-corrected chi connectivity index (χ4v) is 6.38. The lowest BCUT2D eigenvalue weighted by molar-refractivity contribution is -0.00786. The number of benzene rings is 2. The molecule has 6 rings (SSSR count). The zero-order chi connectivity index (χ0) is 25.4. The van der Waals surface area contributed by atoms with Gasteiger partial charge in [0.15, 0.2) is 0 Å². The minimum Gasteiger partial charge on any atom is -0.371 e. The number of likely N-dealkylation sites (tertiary alicyclic amines) is 1. The molecule has 3 heterocycles. The molecule has 0 saturated carbocycles. The monoisotopic (exact) mass is 514 g/mol. The van der Waals surface area contributed by atoms with Gasteiger partial charge >= 0.3 is 0 Å². The molecule has 0 unspecified atom stereocenters. The first-order valence-electron chi connectivity index (χ1n) is 13.1. The Bertz CT molecular complexity index is 1310. The molecular formula is C30H31ClN4O2. The Kier molecular flexibility index (Phi) is 6.37.